The van der Waals surface area contributed by atoms with Crippen molar-refractivity contribution in [3.8, 4) is 0 Å². The predicted molar refractivity (Wildman–Crippen MR) is 68.9 cm³/mol. The van der Waals surface area contributed by atoms with Crippen LogP contribution in [0.25, 0.3) is 10.8 Å². The Hall–Kier alpha value is -0.740. The molecule has 1 nitrogen and oxygen atoms in total. The fourth-order valence-electron chi connectivity index (χ4n) is 1.73. The van der Waals surface area contributed by atoms with Gasteiger partial charge in [-0.15, -0.1) is 0 Å². The molecule has 0 N–H and O–H groups in total. The summed E-state index contributed by atoms with van der Waals surface area (Å²) in [7, 11) is 0. The van der Waals surface area contributed by atoms with E-state index in [-0.39, 0.29) is 0 Å². The lowest BCUT2D eigenvalue weighted by molar-refractivity contribution is 0.121. The molecule has 1 aromatic heterocycles. The van der Waals surface area contributed by atoms with Gasteiger partial charge in [-0.1, -0.05) is 40.5 Å². The summed E-state index contributed by atoms with van der Waals surface area (Å²) in [6.45, 7) is 1.50. The highest BCUT2D eigenvalue weighted by Gasteiger charge is 2.20. The first-order valence-corrected chi connectivity index (χ1v) is 6.19. The van der Waals surface area contributed by atoms with Crippen LogP contribution in [0.1, 0.15) is 18.4 Å². The molecule has 0 amide bonds. The number of hydrogen-bond donors (Lipinski definition) is 0. The Morgan fingerprint density at radius 2 is 2.00 bits per heavy atom. The summed E-state index contributed by atoms with van der Waals surface area (Å²) in [4.78, 5) is 3.96. The summed E-state index contributed by atoms with van der Waals surface area (Å²) in [6.07, 6.45) is -0.810. The van der Waals surface area contributed by atoms with Crippen molar-refractivity contribution in [3.63, 3.8) is 0 Å². The third kappa shape index (κ3) is 2.43. The molecule has 1 heterocycles. The third-order valence-corrected chi connectivity index (χ3v) is 3.61. The van der Waals surface area contributed by atoms with Crippen LogP contribution in [0.15, 0.2) is 28.9 Å². The van der Waals surface area contributed by atoms with Crippen LogP contribution in [-0.4, -0.2) is 11.4 Å². The van der Waals surface area contributed by atoms with Gasteiger partial charge in [-0.3, -0.25) is 0 Å². The molecule has 90 valence electrons. The van der Waals surface area contributed by atoms with Gasteiger partial charge in [0, 0.05) is 22.0 Å². The zero-order chi connectivity index (χ0) is 12.6. The fourth-order valence-corrected chi connectivity index (χ4v) is 2.34. The van der Waals surface area contributed by atoms with Crippen LogP contribution in [0.4, 0.5) is 8.78 Å². The maximum Gasteiger partial charge on any atom is 0.245 e. The number of benzene rings is 1. The summed E-state index contributed by atoms with van der Waals surface area (Å²) in [5, 5.41) is 1.81. The number of halogens is 4. The normalized spacial score (nSPS) is 13.3. The van der Waals surface area contributed by atoms with Gasteiger partial charge in [0.25, 0.3) is 0 Å². The molecule has 0 spiro atoms. The van der Waals surface area contributed by atoms with Gasteiger partial charge in [-0.05, 0) is 23.1 Å². The molecular formula is C12H9BrClF2N. The van der Waals surface area contributed by atoms with Crippen molar-refractivity contribution in [1.29, 1.82) is 0 Å². The van der Waals surface area contributed by atoms with E-state index in [4.69, 9.17) is 11.6 Å². The second-order valence-electron chi connectivity index (χ2n) is 3.81. The molecule has 2 rings (SSSR count). The first-order valence-electron chi connectivity index (χ1n) is 5.02. The van der Waals surface area contributed by atoms with E-state index in [1.807, 2.05) is 0 Å². The Kier molecular flexibility index (Phi) is 3.64. The van der Waals surface area contributed by atoms with Crippen LogP contribution in [0.5, 0.6) is 0 Å². The second kappa shape index (κ2) is 4.86. The molecule has 0 saturated heterocycles. The molecule has 17 heavy (non-hydrogen) atoms. The van der Waals surface area contributed by atoms with E-state index in [1.54, 1.807) is 24.4 Å². The van der Waals surface area contributed by atoms with Gasteiger partial charge in [-0.25, -0.2) is 13.8 Å². The highest BCUT2D eigenvalue weighted by Crippen LogP contribution is 2.34. The zero-order valence-electron chi connectivity index (χ0n) is 8.92. The number of alkyl halides is 2. The highest BCUT2D eigenvalue weighted by molar-refractivity contribution is 9.10. The molecule has 0 aliphatic heterocycles. The van der Waals surface area contributed by atoms with Gasteiger partial charge in [0.15, 0.2) is 0 Å². The van der Waals surface area contributed by atoms with E-state index < -0.39 is 12.3 Å². The quantitative estimate of drug-likeness (QED) is 0.708. The van der Waals surface area contributed by atoms with E-state index in [1.165, 1.54) is 6.92 Å². The van der Waals surface area contributed by atoms with Crippen LogP contribution < -0.4 is 0 Å². The van der Waals surface area contributed by atoms with Crippen molar-refractivity contribution in [1.82, 2.24) is 4.98 Å². The molecule has 1 aromatic carbocycles. The Labute approximate surface area is 111 Å². The standard InChI is InChI=1S/C12H9BrClF2N/c1-6(12(15)16)7-2-3-10(13)9-5-17-11(14)4-8(7)9/h2-6,12H,1H3. The SMILES string of the molecule is CC(c1ccc(Br)c2cnc(Cl)cc12)C(F)F. The first-order chi connectivity index (χ1) is 8.00. The molecule has 0 bridgehead atoms. The van der Waals surface area contributed by atoms with Gasteiger partial charge in [0.05, 0.1) is 0 Å². The predicted octanol–water partition coefficient (Wildman–Crippen LogP) is 5.02. The highest BCUT2D eigenvalue weighted by atomic mass is 79.9. The van der Waals surface area contributed by atoms with Crippen LogP contribution in [-0.2, 0) is 0 Å². The molecule has 0 radical (unpaired) electrons. The maximum absolute atomic E-state index is 12.8. The van der Waals surface area contributed by atoms with Gasteiger partial charge in [-0.2, -0.15) is 0 Å². The number of rotatable bonds is 2. The summed E-state index contributed by atoms with van der Waals surface area (Å²) in [6, 6.07) is 5.07. The minimum Gasteiger partial charge on any atom is -0.244 e. The smallest absolute Gasteiger partial charge is 0.244 e. The molecule has 0 aliphatic carbocycles. The Balaban J connectivity index is 2.72. The van der Waals surface area contributed by atoms with E-state index in [0.717, 1.165) is 9.86 Å². The molecule has 0 fully saturated rings. The van der Waals surface area contributed by atoms with Crippen molar-refractivity contribution in [2.45, 2.75) is 19.3 Å². The average molecular weight is 321 g/mol. The molecule has 2 aromatic rings. The van der Waals surface area contributed by atoms with E-state index in [0.29, 0.717) is 16.1 Å². The summed E-state index contributed by atoms with van der Waals surface area (Å²) in [5.74, 6) is -0.830. The Morgan fingerprint density at radius 1 is 1.29 bits per heavy atom. The Morgan fingerprint density at radius 3 is 2.65 bits per heavy atom. The fraction of sp³-hybridized carbons (Fsp3) is 0.250. The lowest BCUT2D eigenvalue weighted by atomic mass is 9.96. The van der Waals surface area contributed by atoms with Crippen LogP contribution in [0.2, 0.25) is 5.15 Å². The average Bonchev–Trinajstić information content (AvgIpc) is 2.28. The van der Waals surface area contributed by atoms with Crippen molar-refractivity contribution < 1.29 is 8.78 Å². The monoisotopic (exact) mass is 319 g/mol. The number of hydrogen-bond acceptors (Lipinski definition) is 1. The van der Waals surface area contributed by atoms with E-state index in [9.17, 15) is 8.78 Å². The largest absolute Gasteiger partial charge is 0.245 e. The molecule has 5 heteroatoms. The minimum absolute atomic E-state index is 0.304. The second-order valence-corrected chi connectivity index (χ2v) is 5.05. The van der Waals surface area contributed by atoms with Crippen molar-refractivity contribution in [2.75, 3.05) is 0 Å². The van der Waals surface area contributed by atoms with Gasteiger partial charge in [0.1, 0.15) is 5.15 Å². The van der Waals surface area contributed by atoms with Crippen molar-refractivity contribution in [3.05, 3.63) is 39.6 Å². The van der Waals surface area contributed by atoms with E-state index in [2.05, 4.69) is 20.9 Å². The van der Waals surface area contributed by atoms with Gasteiger partial charge < -0.3 is 0 Å². The van der Waals surface area contributed by atoms with Gasteiger partial charge in [0.2, 0.25) is 6.43 Å². The number of pyridine rings is 1. The van der Waals surface area contributed by atoms with Crippen LogP contribution >= 0.6 is 27.5 Å². The summed E-state index contributed by atoms with van der Waals surface area (Å²) >= 11 is 9.18. The first kappa shape index (κ1) is 12.7. The summed E-state index contributed by atoms with van der Waals surface area (Å²) < 4.78 is 26.4. The number of aromatic nitrogens is 1. The maximum atomic E-state index is 12.8. The lowest BCUT2D eigenvalue weighted by Crippen LogP contribution is -2.05. The van der Waals surface area contributed by atoms with Gasteiger partial charge >= 0.3 is 0 Å². The topological polar surface area (TPSA) is 12.9 Å². The lowest BCUT2D eigenvalue weighted by Gasteiger charge is -2.14. The molecule has 0 aliphatic rings. The van der Waals surface area contributed by atoms with Crippen molar-refractivity contribution >= 4 is 38.3 Å². The minimum atomic E-state index is -2.40. The van der Waals surface area contributed by atoms with Crippen LogP contribution in [0.3, 0.4) is 0 Å². The number of fused-ring (bicyclic) bond motifs is 1. The summed E-state index contributed by atoms with van der Waals surface area (Å²) in [5.41, 5.74) is 0.586. The zero-order valence-corrected chi connectivity index (χ0v) is 11.3. The third-order valence-electron chi connectivity index (χ3n) is 2.72. The van der Waals surface area contributed by atoms with E-state index >= 15 is 0 Å². The Bertz CT molecular complexity index is 559. The van der Waals surface area contributed by atoms with Crippen LogP contribution in [0, 0.1) is 0 Å². The molecular weight excluding hydrogens is 311 g/mol. The van der Waals surface area contributed by atoms with Crippen molar-refractivity contribution in [2.24, 2.45) is 0 Å². The number of nitrogens with zero attached hydrogens (tertiary/aromatic N) is 1. The molecule has 0 saturated carbocycles. The molecule has 1 unspecified atom stereocenters. The molecule has 1 atom stereocenters.